The maximum Gasteiger partial charge on any atom is -0.0205 e. The van der Waals surface area contributed by atoms with Gasteiger partial charge in [-0.3, -0.25) is 0 Å². The summed E-state index contributed by atoms with van der Waals surface area (Å²) in [6, 6.07) is 0. The molecule has 0 radical (unpaired) electrons. The predicted octanol–water partition coefficient (Wildman–Crippen LogP) is 4.83. The number of hydrogen-bond acceptors (Lipinski definition) is 0. The molecule has 1 unspecified atom stereocenters. The second kappa shape index (κ2) is 6.06. The molecular formula is C14H26. The zero-order chi connectivity index (χ0) is 11.3. The molecule has 0 nitrogen and oxygen atoms in total. The molecule has 0 heteroatoms. The summed E-state index contributed by atoms with van der Waals surface area (Å²) in [4.78, 5) is 0. The molecule has 0 heterocycles. The fourth-order valence-electron chi connectivity index (χ4n) is 1.72. The zero-order valence-electron chi connectivity index (χ0n) is 10.9. The highest BCUT2D eigenvalue weighted by molar-refractivity contribution is 5.27. The SMILES string of the molecule is C/C=C\C(=C(\C)C(C)C(C)C)C(C)C. The lowest BCUT2D eigenvalue weighted by atomic mass is 9.84. The van der Waals surface area contributed by atoms with Crippen molar-refractivity contribution in [2.75, 3.05) is 0 Å². The Labute approximate surface area is 90.1 Å². The van der Waals surface area contributed by atoms with Crippen molar-refractivity contribution in [3.8, 4) is 0 Å². The average Bonchev–Trinajstić information content (AvgIpc) is 2.11. The van der Waals surface area contributed by atoms with Crippen molar-refractivity contribution in [3.05, 3.63) is 23.3 Å². The Balaban J connectivity index is 4.98. The van der Waals surface area contributed by atoms with Crippen LogP contribution in [0.1, 0.15) is 48.5 Å². The van der Waals surface area contributed by atoms with Gasteiger partial charge in [-0.1, -0.05) is 52.3 Å². The van der Waals surface area contributed by atoms with Crippen LogP contribution in [-0.4, -0.2) is 0 Å². The van der Waals surface area contributed by atoms with E-state index in [9.17, 15) is 0 Å². The van der Waals surface area contributed by atoms with Gasteiger partial charge in [-0.25, -0.2) is 0 Å². The molecule has 0 aliphatic carbocycles. The van der Waals surface area contributed by atoms with E-state index in [1.54, 1.807) is 5.57 Å². The first-order valence-electron chi connectivity index (χ1n) is 5.75. The smallest absolute Gasteiger partial charge is 0.0205 e. The molecule has 0 aliphatic heterocycles. The molecule has 0 saturated carbocycles. The molecule has 0 spiro atoms. The van der Waals surface area contributed by atoms with Gasteiger partial charge in [0.1, 0.15) is 0 Å². The van der Waals surface area contributed by atoms with Crippen LogP contribution in [-0.2, 0) is 0 Å². The van der Waals surface area contributed by atoms with Gasteiger partial charge in [0.2, 0.25) is 0 Å². The minimum atomic E-state index is 0.632. The molecule has 0 N–H and O–H groups in total. The molecule has 0 fully saturated rings. The summed E-state index contributed by atoms with van der Waals surface area (Å²) in [6.45, 7) is 15.8. The van der Waals surface area contributed by atoms with Crippen molar-refractivity contribution in [2.45, 2.75) is 48.5 Å². The highest BCUT2D eigenvalue weighted by Gasteiger charge is 2.13. The quantitative estimate of drug-likeness (QED) is 0.562. The Bertz CT molecular complexity index is 216. The largest absolute Gasteiger partial charge is 0.0874 e. The Morgan fingerprint density at radius 2 is 1.50 bits per heavy atom. The lowest BCUT2D eigenvalue weighted by Gasteiger charge is -2.21. The van der Waals surface area contributed by atoms with Crippen LogP contribution < -0.4 is 0 Å². The number of hydrogen-bond donors (Lipinski definition) is 0. The maximum absolute atomic E-state index is 2.33. The lowest BCUT2D eigenvalue weighted by molar-refractivity contribution is 0.473. The first-order valence-corrected chi connectivity index (χ1v) is 5.75. The number of rotatable bonds is 4. The highest BCUT2D eigenvalue weighted by atomic mass is 14.2. The van der Waals surface area contributed by atoms with E-state index >= 15 is 0 Å². The molecule has 0 saturated heterocycles. The Kier molecular flexibility index (Phi) is 5.83. The minimum absolute atomic E-state index is 0.632. The fraction of sp³-hybridized carbons (Fsp3) is 0.714. The molecule has 0 aromatic rings. The third kappa shape index (κ3) is 3.69. The van der Waals surface area contributed by atoms with Gasteiger partial charge >= 0.3 is 0 Å². The van der Waals surface area contributed by atoms with Crippen molar-refractivity contribution in [2.24, 2.45) is 17.8 Å². The summed E-state index contributed by atoms with van der Waals surface area (Å²) in [5.41, 5.74) is 3.06. The fourth-order valence-corrected chi connectivity index (χ4v) is 1.72. The van der Waals surface area contributed by atoms with Crippen LogP contribution >= 0.6 is 0 Å². The number of allylic oxidation sites excluding steroid dienone is 4. The van der Waals surface area contributed by atoms with E-state index in [1.165, 1.54) is 5.57 Å². The van der Waals surface area contributed by atoms with Gasteiger partial charge in [-0.05, 0) is 37.2 Å². The average molecular weight is 194 g/mol. The summed E-state index contributed by atoms with van der Waals surface area (Å²) in [7, 11) is 0. The highest BCUT2D eigenvalue weighted by Crippen LogP contribution is 2.26. The van der Waals surface area contributed by atoms with Crippen LogP contribution in [0.3, 0.4) is 0 Å². The molecule has 0 bridgehead atoms. The van der Waals surface area contributed by atoms with Crippen molar-refractivity contribution >= 4 is 0 Å². The molecule has 82 valence electrons. The van der Waals surface area contributed by atoms with Crippen molar-refractivity contribution in [1.82, 2.24) is 0 Å². The van der Waals surface area contributed by atoms with E-state index < -0.39 is 0 Å². The van der Waals surface area contributed by atoms with Gasteiger partial charge in [-0.2, -0.15) is 0 Å². The van der Waals surface area contributed by atoms with Crippen molar-refractivity contribution < 1.29 is 0 Å². The van der Waals surface area contributed by atoms with E-state index in [0.717, 1.165) is 5.92 Å². The van der Waals surface area contributed by atoms with Crippen LogP contribution in [0.4, 0.5) is 0 Å². The van der Waals surface area contributed by atoms with Crippen molar-refractivity contribution in [3.63, 3.8) is 0 Å². The van der Waals surface area contributed by atoms with Gasteiger partial charge in [0.05, 0.1) is 0 Å². The summed E-state index contributed by atoms with van der Waals surface area (Å²) in [5, 5.41) is 0. The van der Waals surface area contributed by atoms with Crippen LogP contribution in [0, 0.1) is 17.8 Å². The second-order valence-electron chi connectivity index (χ2n) is 4.83. The van der Waals surface area contributed by atoms with E-state index in [-0.39, 0.29) is 0 Å². The van der Waals surface area contributed by atoms with Gasteiger partial charge in [0.15, 0.2) is 0 Å². The Morgan fingerprint density at radius 3 is 1.79 bits per heavy atom. The first-order chi connectivity index (χ1) is 6.41. The van der Waals surface area contributed by atoms with E-state index in [2.05, 4.69) is 60.6 Å². The first kappa shape index (κ1) is 13.5. The molecule has 1 atom stereocenters. The van der Waals surface area contributed by atoms with E-state index in [0.29, 0.717) is 11.8 Å². The van der Waals surface area contributed by atoms with Gasteiger partial charge < -0.3 is 0 Å². The topological polar surface area (TPSA) is 0 Å². The third-order valence-electron chi connectivity index (χ3n) is 3.11. The normalized spacial score (nSPS) is 16.6. The third-order valence-corrected chi connectivity index (χ3v) is 3.11. The molecular weight excluding hydrogens is 168 g/mol. The second-order valence-corrected chi connectivity index (χ2v) is 4.83. The van der Waals surface area contributed by atoms with Gasteiger partial charge in [0.25, 0.3) is 0 Å². The Hall–Kier alpha value is -0.520. The lowest BCUT2D eigenvalue weighted by Crippen LogP contribution is -2.09. The summed E-state index contributed by atoms with van der Waals surface area (Å²) in [5.74, 6) is 2.05. The van der Waals surface area contributed by atoms with E-state index in [1.807, 2.05) is 0 Å². The zero-order valence-corrected chi connectivity index (χ0v) is 10.9. The van der Waals surface area contributed by atoms with Gasteiger partial charge in [0, 0.05) is 0 Å². The minimum Gasteiger partial charge on any atom is -0.0874 e. The molecule has 0 aliphatic rings. The van der Waals surface area contributed by atoms with Crippen molar-refractivity contribution in [1.29, 1.82) is 0 Å². The van der Waals surface area contributed by atoms with Crippen LogP contribution in [0.2, 0.25) is 0 Å². The molecule has 0 amide bonds. The molecule has 0 aromatic carbocycles. The molecule has 14 heavy (non-hydrogen) atoms. The monoisotopic (exact) mass is 194 g/mol. The summed E-state index contributed by atoms with van der Waals surface area (Å²) >= 11 is 0. The maximum atomic E-state index is 2.33. The van der Waals surface area contributed by atoms with Crippen LogP contribution in [0.25, 0.3) is 0 Å². The van der Waals surface area contributed by atoms with Crippen LogP contribution in [0.5, 0.6) is 0 Å². The predicted molar refractivity (Wildman–Crippen MR) is 66.4 cm³/mol. The molecule has 0 rings (SSSR count). The van der Waals surface area contributed by atoms with Gasteiger partial charge in [-0.15, -0.1) is 0 Å². The van der Waals surface area contributed by atoms with Crippen LogP contribution in [0.15, 0.2) is 23.3 Å². The van der Waals surface area contributed by atoms with E-state index in [4.69, 9.17) is 0 Å². The molecule has 0 aromatic heterocycles. The summed E-state index contributed by atoms with van der Waals surface area (Å²) in [6.07, 6.45) is 4.41. The standard InChI is InChI=1S/C14H26/c1-8-9-14(11(4)5)13(7)12(6)10(2)3/h8-12H,1-7H3/b9-8-,14-13+. The Morgan fingerprint density at radius 1 is 1.00 bits per heavy atom. The summed E-state index contributed by atoms with van der Waals surface area (Å²) < 4.78 is 0.